The van der Waals surface area contributed by atoms with Crippen molar-refractivity contribution in [3.63, 3.8) is 0 Å². The van der Waals surface area contributed by atoms with Gasteiger partial charge in [0, 0.05) is 6.54 Å². The molecule has 9 heavy (non-hydrogen) atoms. The third-order valence-electron chi connectivity index (χ3n) is 0.979. The molecule has 0 aliphatic carbocycles. The van der Waals surface area contributed by atoms with Gasteiger partial charge in [-0.2, -0.15) is 4.37 Å². The SMILES string of the molecule is CCNc1cc(C)ns1. The third-order valence-corrected chi connectivity index (χ3v) is 1.82. The van der Waals surface area contributed by atoms with Gasteiger partial charge >= 0.3 is 0 Å². The van der Waals surface area contributed by atoms with Crippen molar-refractivity contribution < 1.29 is 0 Å². The highest BCUT2D eigenvalue weighted by Gasteiger charge is 1.92. The van der Waals surface area contributed by atoms with Crippen LogP contribution < -0.4 is 5.32 Å². The molecular weight excluding hydrogens is 132 g/mol. The molecule has 0 fully saturated rings. The molecule has 1 N–H and O–H groups in total. The molecule has 0 spiro atoms. The Bertz CT molecular complexity index is 183. The minimum absolute atomic E-state index is 0.974. The first-order valence-corrected chi connectivity index (χ1v) is 3.77. The molecule has 0 saturated carbocycles. The highest BCUT2D eigenvalue weighted by molar-refractivity contribution is 7.10. The van der Waals surface area contributed by atoms with Gasteiger partial charge in [-0.25, -0.2) is 0 Å². The first kappa shape index (κ1) is 6.55. The van der Waals surface area contributed by atoms with Crippen LogP contribution in [-0.4, -0.2) is 10.9 Å². The van der Waals surface area contributed by atoms with E-state index in [0.717, 1.165) is 17.2 Å². The number of anilines is 1. The van der Waals surface area contributed by atoms with Gasteiger partial charge in [-0.05, 0) is 31.4 Å². The van der Waals surface area contributed by atoms with E-state index in [2.05, 4.69) is 16.6 Å². The predicted molar refractivity (Wildman–Crippen MR) is 41.0 cm³/mol. The highest BCUT2D eigenvalue weighted by atomic mass is 32.1. The fourth-order valence-electron chi connectivity index (χ4n) is 0.621. The molecule has 0 radical (unpaired) electrons. The summed E-state index contributed by atoms with van der Waals surface area (Å²) in [5, 5.41) is 4.35. The van der Waals surface area contributed by atoms with Gasteiger partial charge in [-0.1, -0.05) is 0 Å². The number of nitrogens with zero attached hydrogens (tertiary/aromatic N) is 1. The van der Waals surface area contributed by atoms with Gasteiger partial charge in [0.2, 0.25) is 0 Å². The summed E-state index contributed by atoms with van der Waals surface area (Å²) in [5.74, 6) is 0. The predicted octanol–water partition coefficient (Wildman–Crippen LogP) is 1.88. The molecule has 1 aromatic heterocycles. The molecule has 0 aliphatic heterocycles. The van der Waals surface area contributed by atoms with E-state index >= 15 is 0 Å². The molecule has 0 aromatic carbocycles. The summed E-state index contributed by atoms with van der Waals surface area (Å²) in [7, 11) is 0. The first-order valence-electron chi connectivity index (χ1n) is 3.00. The second kappa shape index (κ2) is 2.82. The summed E-state index contributed by atoms with van der Waals surface area (Å²) >= 11 is 1.51. The Labute approximate surface area is 59.1 Å². The minimum Gasteiger partial charge on any atom is -0.376 e. The fraction of sp³-hybridized carbons (Fsp3) is 0.500. The van der Waals surface area contributed by atoms with Gasteiger partial charge in [0.25, 0.3) is 0 Å². The van der Waals surface area contributed by atoms with Gasteiger partial charge < -0.3 is 5.32 Å². The summed E-state index contributed by atoms with van der Waals surface area (Å²) in [6, 6.07) is 2.05. The van der Waals surface area contributed by atoms with Gasteiger partial charge in [-0.3, -0.25) is 0 Å². The zero-order valence-corrected chi connectivity index (χ0v) is 6.46. The average molecular weight is 142 g/mol. The molecule has 1 rings (SSSR count). The van der Waals surface area contributed by atoms with Crippen molar-refractivity contribution >= 4 is 16.5 Å². The zero-order valence-electron chi connectivity index (χ0n) is 5.64. The molecule has 1 aromatic rings. The number of hydrogen-bond donors (Lipinski definition) is 1. The Balaban J connectivity index is 2.61. The maximum atomic E-state index is 4.11. The Morgan fingerprint density at radius 3 is 3.00 bits per heavy atom. The minimum atomic E-state index is 0.974. The van der Waals surface area contributed by atoms with E-state index < -0.39 is 0 Å². The number of nitrogens with one attached hydrogen (secondary N) is 1. The van der Waals surface area contributed by atoms with Gasteiger partial charge in [0.15, 0.2) is 0 Å². The summed E-state index contributed by atoms with van der Waals surface area (Å²) in [5.41, 5.74) is 1.09. The number of rotatable bonds is 2. The van der Waals surface area contributed by atoms with Crippen LogP contribution in [0.4, 0.5) is 5.00 Å². The molecule has 0 amide bonds. The van der Waals surface area contributed by atoms with E-state index in [-0.39, 0.29) is 0 Å². The summed E-state index contributed by atoms with van der Waals surface area (Å²) in [4.78, 5) is 0. The topological polar surface area (TPSA) is 24.9 Å². The average Bonchev–Trinajstić information content (AvgIpc) is 2.17. The summed E-state index contributed by atoms with van der Waals surface area (Å²) in [6.07, 6.45) is 0. The summed E-state index contributed by atoms with van der Waals surface area (Å²) in [6.45, 7) is 5.05. The van der Waals surface area contributed by atoms with Gasteiger partial charge in [0.05, 0.1) is 5.69 Å². The van der Waals surface area contributed by atoms with Crippen LogP contribution in [0, 0.1) is 6.92 Å². The van der Waals surface area contributed by atoms with Crippen LogP contribution >= 0.6 is 11.5 Å². The largest absolute Gasteiger partial charge is 0.376 e. The van der Waals surface area contributed by atoms with E-state index in [1.165, 1.54) is 11.5 Å². The monoisotopic (exact) mass is 142 g/mol. The molecule has 0 aliphatic rings. The third kappa shape index (κ3) is 1.68. The Kier molecular flexibility index (Phi) is 2.05. The normalized spacial score (nSPS) is 9.56. The first-order chi connectivity index (χ1) is 4.33. The van der Waals surface area contributed by atoms with Gasteiger partial charge in [0.1, 0.15) is 5.00 Å². The van der Waals surface area contributed by atoms with Crippen LogP contribution in [0.15, 0.2) is 6.07 Å². The highest BCUT2D eigenvalue weighted by Crippen LogP contribution is 2.14. The van der Waals surface area contributed by atoms with Gasteiger partial charge in [-0.15, -0.1) is 0 Å². The maximum Gasteiger partial charge on any atom is 0.109 e. The molecule has 2 nitrogen and oxygen atoms in total. The van der Waals surface area contributed by atoms with Crippen LogP contribution in [0.25, 0.3) is 0 Å². The van der Waals surface area contributed by atoms with Crippen molar-refractivity contribution in [3.8, 4) is 0 Å². The lowest BCUT2D eigenvalue weighted by Gasteiger charge is -1.92. The fourth-order valence-corrected chi connectivity index (χ4v) is 1.35. The van der Waals surface area contributed by atoms with Crippen LogP contribution in [0.1, 0.15) is 12.6 Å². The zero-order chi connectivity index (χ0) is 6.69. The molecular formula is C6H10N2S. The van der Waals surface area contributed by atoms with Crippen molar-refractivity contribution in [2.75, 3.05) is 11.9 Å². The standard InChI is InChI=1S/C6H10N2S/c1-3-7-6-4-5(2)8-9-6/h4,7H,3H2,1-2H3. The molecule has 50 valence electrons. The van der Waals surface area contributed by atoms with Crippen molar-refractivity contribution in [1.82, 2.24) is 4.37 Å². The van der Waals surface area contributed by atoms with Crippen LogP contribution in [0.3, 0.4) is 0 Å². The lowest BCUT2D eigenvalue weighted by molar-refractivity contribution is 1.22. The lowest BCUT2D eigenvalue weighted by Crippen LogP contribution is -1.92. The van der Waals surface area contributed by atoms with E-state index in [1.807, 2.05) is 13.0 Å². The molecule has 0 saturated heterocycles. The number of hydrogen-bond acceptors (Lipinski definition) is 3. The second-order valence-electron chi connectivity index (χ2n) is 1.86. The molecule has 0 atom stereocenters. The Morgan fingerprint density at radius 1 is 1.78 bits per heavy atom. The quantitative estimate of drug-likeness (QED) is 0.682. The van der Waals surface area contributed by atoms with Crippen molar-refractivity contribution in [3.05, 3.63) is 11.8 Å². The summed E-state index contributed by atoms with van der Waals surface area (Å²) < 4.78 is 4.11. The van der Waals surface area contributed by atoms with Crippen LogP contribution in [0.2, 0.25) is 0 Å². The second-order valence-corrected chi connectivity index (χ2v) is 2.67. The Morgan fingerprint density at radius 2 is 2.56 bits per heavy atom. The van der Waals surface area contributed by atoms with Crippen molar-refractivity contribution in [1.29, 1.82) is 0 Å². The maximum absolute atomic E-state index is 4.11. The van der Waals surface area contributed by atoms with E-state index in [1.54, 1.807) is 0 Å². The molecule has 1 heterocycles. The Hall–Kier alpha value is -0.570. The van der Waals surface area contributed by atoms with Crippen molar-refractivity contribution in [2.24, 2.45) is 0 Å². The smallest absolute Gasteiger partial charge is 0.109 e. The van der Waals surface area contributed by atoms with Crippen LogP contribution in [-0.2, 0) is 0 Å². The molecule has 3 heteroatoms. The van der Waals surface area contributed by atoms with Crippen LogP contribution in [0.5, 0.6) is 0 Å². The van der Waals surface area contributed by atoms with E-state index in [0.29, 0.717) is 0 Å². The molecule has 0 unspecified atom stereocenters. The number of aryl methyl sites for hydroxylation is 1. The molecule has 0 bridgehead atoms. The lowest BCUT2D eigenvalue weighted by atomic mass is 10.5. The van der Waals surface area contributed by atoms with E-state index in [4.69, 9.17) is 0 Å². The number of aromatic nitrogens is 1. The van der Waals surface area contributed by atoms with E-state index in [9.17, 15) is 0 Å². The van der Waals surface area contributed by atoms with Crippen molar-refractivity contribution in [2.45, 2.75) is 13.8 Å².